The molecule has 0 aromatic heterocycles. The smallest absolute Gasteiger partial charge is 0.245 e. The van der Waals surface area contributed by atoms with Gasteiger partial charge < -0.3 is 10.2 Å². The zero-order chi connectivity index (χ0) is 17.6. The molecule has 2 amide bonds. The summed E-state index contributed by atoms with van der Waals surface area (Å²) < 4.78 is 0. The maximum atomic E-state index is 13.2. The zero-order valence-corrected chi connectivity index (χ0v) is 15.2. The average molecular weight is 342 g/mol. The molecule has 1 aromatic rings. The van der Waals surface area contributed by atoms with E-state index in [0.29, 0.717) is 12.5 Å². The van der Waals surface area contributed by atoms with E-state index >= 15 is 0 Å². The molecule has 1 aliphatic heterocycles. The van der Waals surface area contributed by atoms with Crippen molar-refractivity contribution >= 4 is 11.8 Å². The molecule has 1 aliphatic carbocycles. The van der Waals surface area contributed by atoms with Crippen LogP contribution in [0.25, 0.3) is 0 Å². The Balaban J connectivity index is 1.69. The molecule has 0 radical (unpaired) electrons. The van der Waals surface area contributed by atoms with Crippen LogP contribution in [0.5, 0.6) is 0 Å². The number of nitrogens with zero attached hydrogens (tertiary/aromatic N) is 1. The summed E-state index contributed by atoms with van der Waals surface area (Å²) in [5, 5.41) is 3.10. The minimum Gasteiger partial charge on any atom is -0.344 e. The summed E-state index contributed by atoms with van der Waals surface area (Å²) in [6.07, 6.45) is 8.15. The molecule has 1 saturated heterocycles. The summed E-state index contributed by atoms with van der Waals surface area (Å²) in [6, 6.07) is 9.70. The number of rotatable bonds is 5. The van der Waals surface area contributed by atoms with E-state index < -0.39 is 0 Å². The van der Waals surface area contributed by atoms with Crippen LogP contribution in [0.2, 0.25) is 0 Å². The molecule has 0 bridgehead atoms. The zero-order valence-electron chi connectivity index (χ0n) is 15.2. The van der Waals surface area contributed by atoms with Gasteiger partial charge in [-0.1, -0.05) is 49.6 Å². The molecule has 1 aromatic carbocycles. The van der Waals surface area contributed by atoms with E-state index in [1.54, 1.807) is 0 Å². The number of benzene rings is 1. The van der Waals surface area contributed by atoms with Crippen LogP contribution in [0.4, 0.5) is 0 Å². The number of likely N-dealkylation sites (tertiary alicyclic amines) is 1. The fraction of sp³-hybridized carbons (Fsp3) is 0.619. The van der Waals surface area contributed by atoms with Crippen molar-refractivity contribution < 1.29 is 9.59 Å². The molecule has 1 N–H and O–H groups in total. The molecule has 1 saturated carbocycles. The van der Waals surface area contributed by atoms with Crippen LogP contribution in [-0.2, 0) is 16.0 Å². The van der Waals surface area contributed by atoms with Crippen LogP contribution in [0.15, 0.2) is 30.3 Å². The van der Waals surface area contributed by atoms with Crippen LogP contribution >= 0.6 is 0 Å². The Morgan fingerprint density at radius 2 is 1.80 bits per heavy atom. The van der Waals surface area contributed by atoms with Crippen molar-refractivity contribution in [3.63, 3.8) is 0 Å². The van der Waals surface area contributed by atoms with E-state index in [1.807, 2.05) is 35.2 Å². The maximum Gasteiger partial charge on any atom is 0.245 e. The lowest BCUT2D eigenvalue weighted by Gasteiger charge is -2.34. The highest BCUT2D eigenvalue weighted by molar-refractivity contribution is 5.89. The van der Waals surface area contributed by atoms with Gasteiger partial charge in [0.05, 0.1) is 6.42 Å². The van der Waals surface area contributed by atoms with Crippen molar-refractivity contribution in [2.24, 2.45) is 5.92 Å². The standard InChI is InChI=1S/C21H30N2O2/c1-16-9-8-14-23(16)21(25)20(18-12-6-3-7-13-18)22-19(24)15-17-10-4-2-5-11-17/h2,4-5,10-11,16,18,20H,3,6-9,12-15H2,1H3,(H,22,24). The van der Waals surface area contributed by atoms with Gasteiger partial charge in [-0.25, -0.2) is 0 Å². The first-order chi connectivity index (χ1) is 12.1. The van der Waals surface area contributed by atoms with Gasteiger partial charge in [-0.05, 0) is 44.1 Å². The maximum absolute atomic E-state index is 13.2. The van der Waals surface area contributed by atoms with Gasteiger partial charge >= 0.3 is 0 Å². The predicted octanol–water partition coefficient (Wildman–Crippen LogP) is 3.31. The van der Waals surface area contributed by atoms with Gasteiger partial charge in [-0.15, -0.1) is 0 Å². The summed E-state index contributed by atoms with van der Waals surface area (Å²) >= 11 is 0. The third kappa shape index (κ3) is 4.62. The third-order valence-corrected chi connectivity index (χ3v) is 5.75. The summed E-state index contributed by atoms with van der Waals surface area (Å²) in [7, 11) is 0. The summed E-state index contributed by atoms with van der Waals surface area (Å²) in [5.41, 5.74) is 0.990. The molecule has 1 heterocycles. The molecule has 3 rings (SSSR count). The average Bonchev–Trinajstić information content (AvgIpc) is 3.07. The topological polar surface area (TPSA) is 49.4 Å². The van der Waals surface area contributed by atoms with Crippen LogP contribution in [0, 0.1) is 5.92 Å². The van der Waals surface area contributed by atoms with Gasteiger partial charge in [0.1, 0.15) is 6.04 Å². The Morgan fingerprint density at radius 1 is 1.08 bits per heavy atom. The number of hydrogen-bond acceptors (Lipinski definition) is 2. The molecule has 2 aliphatic rings. The van der Waals surface area contributed by atoms with Gasteiger partial charge in [0, 0.05) is 12.6 Å². The van der Waals surface area contributed by atoms with Crippen molar-refractivity contribution in [1.29, 1.82) is 0 Å². The SMILES string of the molecule is CC1CCCN1C(=O)C(NC(=O)Cc1ccccc1)C1CCCCC1. The molecule has 2 unspecified atom stereocenters. The highest BCUT2D eigenvalue weighted by atomic mass is 16.2. The monoisotopic (exact) mass is 342 g/mol. The van der Waals surface area contributed by atoms with Crippen LogP contribution in [0.3, 0.4) is 0 Å². The van der Waals surface area contributed by atoms with Gasteiger partial charge in [-0.2, -0.15) is 0 Å². The summed E-state index contributed by atoms with van der Waals surface area (Å²) in [6.45, 7) is 2.95. The van der Waals surface area contributed by atoms with Crippen LogP contribution in [0.1, 0.15) is 57.4 Å². The molecule has 0 spiro atoms. The van der Waals surface area contributed by atoms with Crippen LogP contribution in [-0.4, -0.2) is 35.3 Å². The number of hydrogen-bond donors (Lipinski definition) is 1. The van der Waals surface area contributed by atoms with Crippen molar-refractivity contribution in [2.75, 3.05) is 6.54 Å². The van der Waals surface area contributed by atoms with E-state index in [-0.39, 0.29) is 23.8 Å². The van der Waals surface area contributed by atoms with E-state index in [0.717, 1.165) is 37.8 Å². The Hall–Kier alpha value is -1.84. The van der Waals surface area contributed by atoms with E-state index in [2.05, 4.69) is 12.2 Å². The summed E-state index contributed by atoms with van der Waals surface area (Å²) in [4.78, 5) is 27.7. The molecule has 2 fully saturated rings. The Kier molecular flexibility index (Phi) is 6.11. The lowest BCUT2D eigenvalue weighted by atomic mass is 9.83. The lowest BCUT2D eigenvalue weighted by molar-refractivity contribution is -0.138. The van der Waals surface area contributed by atoms with E-state index in [4.69, 9.17) is 0 Å². The number of carbonyl (C=O) groups is 2. The Morgan fingerprint density at radius 3 is 2.44 bits per heavy atom. The molecular formula is C21H30N2O2. The second-order valence-corrected chi connectivity index (χ2v) is 7.63. The van der Waals surface area contributed by atoms with E-state index in [1.165, 1.54) is 19.3 Å². The van der Waals surface area contributed by atoms with Gasteiger partial charge in [-0.3, -0.25) is 9.59 Å². The lowest BCUT2D eigenvalue weighted by Crippen LogP contribution is -2.53. The summed E-state index contributed by atoms with van der Waals surface area (Å²) in [5.74, 6) is 0.383. The third-order valence-electron chi connectivity index (χ3n) is 5.75. The first-order valence-corrected chi connectivity index (χ1v) is 9.79. The fourth-order valence-electron chi connectivity index (χ4n) is 4.29. The van der Waals surface area contributed by atoms with Crippen molar-refractivity contribution in [3.8, 4) is 0 Å². The highest BCUT2D eigenvalue weighted by Crippen LogP contribution is 2.29. The van der Waals surface area contributed by atoms with Crippen molar-refractivity contribution in [3.05, 3.63) is 35.9 Å². The second-order valence-electron chi connectivity index (χ2n) is 7.63. The molecule has 4 heteroatoms. The predicted molar refractivity (Wildman–Crippen MR) is 99.1 cm³/mol. The first-order valence-electron chi connectivity index (χ1n) is 9.79. The second kappa shape index (κ2) is 8.50. The number of amides is 2. The minimum absolute atomic E-state index is 0.0398. The molecule has 2 atom stereocenters. The number of nitrogens with one attached hydrogen (secondary N) is 1. The van der Waals surface area contributed by atoms with Gasteiger partial charge in [0.2, 0.25) is 11.8 Å². The molecule has 25 heavy (non-hydrogen) atoms. The Labute approximate surface area is 151 Å². The Bertz CT molecular complexity index is 581. The molecular weight excluding hydrogens is 312 g/mol. The van der Waals surface area contributed by atoms with Crippen molar-refractivity contribution in [1.82, 2.24) is 10.2 Å². The first kappa shape index (κ1) is 18.0. The minimum atomic E-state index is -0.350. The quantitative estimate of drug-likeness (QED) is 0.892. The molecule has 4 nitrogen and oxygen atoms in total. The number of carbonyl (C=O) groups excluding carboxylic acids is 2. The van der Waals surface area contributed by atoms with Gasteiger partial charge in [0.15, 0.2) is 0 Å². The van der Waals surface area contributed by atoms with Crippen molar-refractivity contribution in [2.45, 2.75) is 70.4 Å². The van der Waals surface area contributed by atoms with Gasteiger partial charge in [0.25, 0.3) is 0 Å². The largest absolute Gasteiger partial charge is 0.344 e. The fourth-order valence-corrected chi connectivity index (χ4v) is 4.29. The highest BCUT2D eigenvalue weighted by Gasteiger charge is 2.36. The van der Waals surface area contributed by atoms with E-state index in [9.17, 15) is 9.59 Å². The molecule has 136 valence electrons. The normalized spacial score (nSPS) is 22.6. The van der Waals surface area contributed by atoms with Crippen LogP contribution < -0.4 is 5.32 Å².